The quantitative estimate of drug-likeness (QED) is 0.914. The summed E-state index contributed by atoms with van der Waals surface area (Å²) < 4.78 is 15.1. The number of nitrogens with zero attached hydrogens (tertiary/aromatic N) is 2. The molecule has 2 aromatic rings. The van der Waals surface area contributed by atoms with Crippen LogP contribution in [0.5, 0.6) is 0 Å². The Balaban J connectivity index is 2.29. The van der Waals surface area contributed by atoms with Crippen molar-refractivity contribution in [3.8, 4) is 0 Å². The number of hydrogen-bond donors (Lipinski definition) is 1. The van der Waals surface area contributed by atoms with E-state index in [-0.39, 0.29) is 5.02 Å². The Bertz CT molecular complexity index is 524. The Hall–Kier alpha value is -1.39. The molecule has 0 aliphatic carbocycles. The summed E-state index contributed by atoms with van der Waals surface area (Å²) in [5.41, 5.74) is 7.39. The van der Waals surface area contributed by atoms with Gasteiger partial charge in [0, 0.05) is 12.7 Å². The van der Waals surface area contributed by atoms with Gasteiger partial charge in [-0.25, -0.2) is 4.39 Å². The zero-order chi connectivity index (χ0) is 12.4. The van der Waals surface area contributed by atoms with E-state index in [4.69, 9.17) is 17.3 Å². The minimum atomic E-state index is -0.463. The summed E-state index contributed by atoms with van der Waals surface area (Å²) in [6.45, 7) is 2.77. The van der Waals surface area contributed by atoms with Crippen molar-refractivity contribution >= 4 is 11.6 Å². The van der Waals surface area contributed by atoms with Crippen molar-refractivity contribution in [2.75, 3.05) is 0 Å². The molecule has 0 radical (unpaired) electrons. The minimum absolute atomic E-state index is 0.0973. The van der Waals surface area contributed by atoms with Crippen molar-refractivity contribution in [2.24, 2.45) is 5.73 Å². The van der Waals surface area contributed by atoms with Crippen LogP contribution in [0, 0.1) is 5.82 Å². The maximum absolute atomic E-state index is 13.3. The highest BCUT2D eigenvalue weighted by molar-refractivity contribution is 6.30. The smallest absolute Gasteiger partial charge is 0.142 e. The van der Waals surface area contributed by atoms with Gasteiger partial charge in [0.2, 0.25) is 0 Å². The van der Waals surface area contributed by atoms with Gasteiger partial charge in [0.1, 0.15) is 5.82 Å². The maximum Gasteiger partial charge on any atom is 0.142 e. The summed E-state index contributed by atoms with van der Waals surface area (Å²) in [7, 11) is 0. The zero-order valence-corrected chi connectivity index (χ0v) is 10.2. The fourth-order valence-corrected chi connectivity index (χ4v) is 1.71. The van der Waals surface area contributed by atoms with Gasteiger partial charge < -0.3 is 5.73 Å². The van der Waals surface area contributed by atoms with Crippen molar-refractivity contribution in [1.82, 2.24) is 9.78 Å². The molecule has 0 fully saturated rings. The standard InChI is InChI=1S/C12H13ClFN3/c1-2-17-6-5-11(16-17)12(15)8-3-4-9(13)10(14)7-8/h3-7,12H,2,15H2,1H3/t12-/m0/s1. The van der Waals surface area contributed by atoms with Crippen LogP contribution < -0.4 is 5.73 Å². The van der Waals surface area contributed by atoms with E-state index in [1.54, 1.807) is 10.7 Å². The number of nitrogens with two attached hydrogens (primary N) is 1. The molecule has 0 spiro atoms. The number of aryl methyl sites for hydroxylation is 1. The highest BCUT2D eigenvalue weighted by Crippen LogP contribution is 2.22. The largest absolute Gasteiger partial charge is 0.319 e. The first-order chi connectivity index (χ1) is 8.11. The lowest BCUT2D eigenvalue weighted by molar-refractivity contribution is 0.619. The monoisotopic (exact) mass is 253 g/mol. The maximum atomic E-state index is 13.3. The van der Waals surface area contributed by atoms with Crippen LogP contribution in [0.4, 0.5) is 4.39 Å². The summed E-state index contributed by atoms with van der Waals surface area (Å²) in [4.78, 5) is 0. The molecule has 17 heavy (non-hydrogen) atoms. The third-order valence-corrected chi connectivity index (χ3v) is 2.91. The van der Waals surface area contributed by atoms with Gasteiger partial charge in [0.15, 0.2) is 0 Å². The van der Waals surface area contributed by atoms with Gasteiger partial charge in [0.25, 0.3) is 0 Å². The molecule has 0 bridgehead atoms. The summed E-state index contributed by atoms with van der Waals surface area (Å²) >= 11 is 5.62. The van der Waals surface area contributed by atoms with E-state index in [9.17, 15) is 4.39 Å². The van der Waals surface area contributed by atoms with E-state index >= 15 is 0 Å². The highest BCUT2D eigenvalue weighted by atomic mass is 35.5. The van der Waals surface area contributed by atoms with Crippen LogP contribution in [-0.4, -0.2) is 9.78 Å². The second kappa shape index (κ2) is 4.85. The first-order valence-electron chi connectivity index (χ1n) is 5.35. The average Bonchev–Trinajstić information content (AvgIpc) is 2.80. The van der Waals surface area contributed by atoms with Crippen LogP contribution in [0.1, 0.15) is 24.2 Å². The molecule has 0 saturated carbocycles. The predicted molar refractivity (Wildman–Crippen MR) is 65.3 cm³/mol. The molecule has 1 atom stereocenters. The predicted octanol–water partition coefficient (Wildman–Crippen LogP) is 2.74. The van der Waals surface area contributed by atoms with Crippen molar-refractivity contribution in [3.05, 3.63) is 52.6 Å². The second-order valence-corrected chi connectivity index (χ2v) is 4.15. The van der Waals surface area contributed by atoms with Crippen molar-refractivity contribution in [2.45, 2.75) is 19.5 Å². The summed E-state index contributed by atoms with van der Waals surface area (Å²) in [6.07, 6.45) is 1.85. The molecule has 5 heteroatoms. The number of benzene rings is 1. The van der Waals surface area contributed by atoms with Crippen LogP contribution in [0.15, 0.2) is 30.5 Å². The fourth-order valence-electron chi connectivity index (χ4n) is 1.60. The molecule has 0 saturated heterocycles. The molecule has 0 aliphatic rings. The number of halogens is 2. The molecule has 0 aliphatic heterocycles. The van der Waals surface area contributed by atoms with Crippen molar-refractivity contribution in [3.63, 3.8) is 0 Å². The Kier molecular flexibility index (Phi) is 3.45. The van der Waals surface area contributed by atoms with Crippen molar-refractivity contribution in [1.29, 1.82) is 0 Å². The number of aromatic nitrogens is 2. The normalized spacial score (nSPS) is 12.7. The first kappa shape index (κ1) is 12.1. The lowest BCUT2D eigenvalue weighted by atomic mass is 10.1. The van der Waals surface area contributed by atoms with E-state index < -0.39 is 11.9 Å². The number of hydrogen-bond acceptors (Lipinski definition) is 2. The zero-order valence-electron chi connectivity index (χ0n) is 9.40. The lowest BCUT2D eigenvalue weighted by Crippen LogP contribution is -2.13. The highest BCUT2D eigenvalue weighted by Gasteiger charge is 2.13. The second-order valence-electron chi connectivity index (χ2n) is 3.75. The summed E-state index contributed by atoms with van der Waals surface area (Å²) in [6, 6.07) is 5.96. The molecule has 90 valence electrons. The molecule has 0 unspecified atom stereocenters. The lowest BCUT2D eigenvalue weighted by Gasteiger charge is -2.09. The third-order valence-electron chi connectivity index (χ3n) is 2.61. The summed E-state index contributed by atoms with van der Waals surface area (Å²) in [5, 5.41) is 4.39. The third kappa shape index (κ3) is 2.48. The number of rotatable bonds is 3. The van der Waals surface area contributed by atoms with E-state index in [1.807, 2.05) is 19.2 Å². The Morgan fingerprint density at radius 3 is 2.82 bits per heavy atom. The molecule has 0 amide bonds. The summed E-state index contributed by atoms with van der Waals surface area (Å²) in [5.74, 6) is -0.463. The van der Waals surface area contributed by atoms with Gasteiger partial charge in [-0.3, -0.25) is 4.68 Å². The molecule has 2 N–H and O–H groups in total. The van der Waals surface area contributed by atoms with Gasteiger partial charge in [-0.05, 0) is 30.7 Å². The van der Waals surface area contributed by atoms with Gasteiger partial charge in [0.05, 0.1) is 16.8 Å². The molecule has 2 rings (SSSR count). The van der Waals surface area contributed by atoms with Crippen LogP contribution in [-0.2, 0) is 6.54 Å². The Labute approximate surface area is 104 Å². The van der Waals surface area contributed by atoms with E-state index in [1.165, 1.54) is 12.1 Å². The topological polar surface area (TPSA) is 43.8 Å². The van der Waals surface area contributed by atoms with Crippen LogP contribution in [0.3, 0.4) is 0 Å². The van der Waals surface area contributed by atoms with Gasteiger partial charge in [-0.2, -0.15) is 5.10 Å². The molecular weight excluding hydrogens is 241 g/mol. The van der Waals surface area contributed by atoms with E-state index in [0.29, 0.717) is 11.3 Å². The molecule has 1 heterocycles. The molecule has 1 aromatic carbocycles. The van der Waals surface area contributed by atoms with Gasteiger partial charge >= 0.3 is 0 Å². The molecular formula is C12H13ClFN3. The SMILES string of the molecule is CCn1ccc([C@@H](N)c2ccc(Cl)c(F)c2)n1. The first-order valence-corrected chi connectivity index (χ1v) is 5.73. The Morgan fingerprint density at radius 1 is 1.47 bits per heavy atom. The molecule has 1 aromatic heterocycles. The van der Waals surface area contributed by atoms with Crippen LogP contribution in [0.25, 0.3) is 0 Å². The van der Waals surface area contributed by atoms with Crippen molar-refractivity contribution < 1.29 is 4.39 Å². The fraction of sp³-hybridized carbons (Fsp3) is 0.250. The van der Waals surface area contributed by atoms with Crippen LogP contribution >= 0.6 is 11.6 Å². The molecule has 3 nitrogen and oxygen atoms in total. The van der Waals surface area contributed by atoms with Crippen LogP contribution in [0.2, 0.25) is 5.02 Å². The van der Waals surface area contributed by atoms with Gasteiger partial charge in [-0.1, -0.05) is 17.7 Å². The van der Waals surface area contributed by atoms with E-state index in [2.05, 4.69) is 5.10 Å². The Morgan fingerprint density at radius 2 is 2.24 bits per heavy atom. The van der Waals surface area contributed by atoms with Gasteiger partial charge in [-0.15, -0.1) is 0 Å². The van der Waals surface area contributed by atoms with E-state index in [0.717, 1.165) is 6.54 Å². The minimum Gasteiger partial charge on any atom is -0.319 e. The average molecular weight is 254 g/mol.